The molecule has 182 valence electrons. The third kappa shape index (κ3) is 4.58. The standard InChI is InChI=1S/C28H29N7O/c1-4-35-17-24(26(34-35)19-8-10-21(11-9-19)32-28(36)30-3)22-12-13-31-27-23(22)15-25(33-27)20-7-5-6-18(14-20)16-29-2/h5-15,17,29H,4,16H2,1-3H3,(H,31,33)(H2,30,32,36). The number of nitrogens with one attached hydrogen (secondary N) is 4. The minimum atomic E-state index is -0.252. The van der Waals surface area contributed by atoms with Crippen LogP contribution in [0.2, 0.25) is 0 Å². The van der Waals surface area contributed by atoms with E-state index < -0.39 is 0 Å². The molecule has 4 N–H and O–H groups in total. The molecule has 0 bridgehead atoms. The van der Waals surface area contributed by atoms with Crippen LogP contribution in [-0.2, 0) is 13.1 Å². The summed E-state index contributed by atoms with van der Waals surface area (Å²) in [5, 5.41) is 14.5. The number of nitrogens with zero attached hydrogens (tertiary/aromatic N) is 3. The van der Waals surface area contributed by atoms with Gasteiger partial charge in [0, 0.05) is 60.4 Å². The first-order valence-corrected chi connectivity index (χ1v) is 12.0. The number of urea groups is 1. The van der Waals surface area contributed by atoms with Crippen LogP contribution < -0.4 is 16.0 Å². The number of H-pyrrole nitrogens is 1. The highest BCUT2D eigenvalue weighted by Crippen LogP contribution is 2.37. The van der Waals surface area contributed by atoms with Gasteiger partial charge in [-0.15, -0.1) is 0 Å². The van der Waals surface area contributed by atoms with Gasteiger partial charge in [0.2, 0.25) is 0 Å². The van der Waals surface area contributed by atoms with Gasteiger partial charge in [0.25, 0.3) is 0 Å². The van der Waals surface area contributed by atoms with E-state index in [0.29, 0.717) is 0 Å². The van der Waals surface area contributed by atoms with Crippen molar-refractivity contribution < 1.29 is 4.79 Å². The van der Waals surface area contributed by atoms with Crippen LogP contribution in [0.5, 0.6) is 0 Å². The van der Waals surface area contributed by atoms with Gasteiger partial charge in [-0.1, -0.05) is 30.3 Å². The van der Waals surface area contributed by atoms with Gasteiger partial charge in [0.1, 0.15) is 11.3 Å². The Morgan fingerprint density at radius 3 is 2.58 bits per heavy atom. The van der Waals surface area contributed by atoms with Crippen LogP contribution in [0.3, 0.4) is 0 Å². The molecule has 0 atom stereocenters. The van der Waals surface area contributed by atoms with Crippen LogP contribution in [0.15, 0.2) is 73.1 Å². The molecule has 0 aliphatic carbocycles. The summed E-state index contributed by atoms with van der Waals surface area (Å²) in [6, 6.07) is 20.2. The molecule has 3 aromatic heterocycles. The lowest BCUT2D eigenvalue weighted by Gasteiger charge is -2.07. The summed E-state index contributed by atoms with van der Waals surface area (Å²) in [5.41, 5.74) is 8.88. The maximum absolute atomic E-state index is 11.6. The normalized spacial score (nSPS) is 11.1. The number of aromatic nitrogens is 4. The predicted molar refractivity (Wildman–Crippen MR) is 145 cm³/mol. The number of aryl methyl sites for hydroxylation is 1. The lowest BCUT2D eigenvalue weighted by atomic mass is 9.99. The average Bonchev–Trinajstić information content (AvgIpc) is 3.54. The second-order valence-corrected chi connectivity index (χ2v) is 8.56. The zero-order chi connectivity index (χ0) is 25.1. The first-order valence-electron chi connectivity index (χ1n) is 12.0. The van der Waals surface area contributed by atoms with E-state index in [-0.39, 0.29) is 6.03 Å². The Kier molecular flexibility index (Phi) is 6.51. The molecule has 5 rings (SSSR count). The number of hydrogen-bond acceptors (Lipinski definition) is 4. The summed E-state index contributed by atoms with van der Waals surface area (Å²) in [6.45, 7) is 3.65. The molecule has 0 radical (unpaired) electrons. The first-order chi connectivity index (χ1) is 17.6. The number of pyridine rings is 1. The monoisotopic (exact) mass is 479 g/mol. The van der Waals surface area contributed by atoms with E-state index in [2.05, 4.69) is 69.4 Å². The van der Waals surface area contributed by atoms with E-state index in [1.807, 2.05) is 48.3 Å². The highest BCUT2D eigenvalue weighted by molar-refractivity contribution is 5.99. The van der Waals surface area contributed by atoms with E-state index in [9.17, 15) is 4.79 Å². The van der Waals surface area contributed by atoms with Gasteiger partial charge in [-0.2, -0.15) is 5.10 Å². The smallest absolute Gasteiger partial charge is 0.318 e. The van der Waals surface area contributed by atoms with Crippen molar-refractivity contribution in [3.05, 3.63) is 78.6 Å². The summed E-state index contributed by atoms with van der Waals surface area (Å²) >= 11 is 0. The van der Waals surface area contributed by atoms with E-state index in [1.54, 1.807) is 7.05 Å². The maximum atomic E-state index is 11.6. The number of carbonyl (C=O) groups is 1. The topological polar surface area (TPSA) is 99.7 Å². The summed E-state index contributed by atoms with van der Waals surface area (Å²) < 4.78 is 1.95. The van der Waals surface area contributed by atoms with Crippen molar-refractivity contribution in [1.82, 2.24) is 30.4 Å². The van der Waals surface area contributed by atoms with Gasteiger partial charge < -0.3 is 20.9 Å². The number of rotatable bonds is 7. The third-order valence-electron chi connectivity index (χ3n) is 6.17. The second-order valence-electron chi connectivity index (χ2n) is 8.56. The molecule has 0 unspecified atom stereocenters. The molecule has 0 saturated carbocycles. The van der Waals surface area contributed by atoms with Crippen molar-refractivity contribution in [3.63, 3.8) is 0 Å². The van der Waals surface area contributed by atoms with Gasteiger partial charge in [-0.3, -0.25) is 4.68 Å². The highest BCUT2D eigenvalue weighted by atomic mass is 16.2. The van der Waals surface area contributed by atoms with E-state index in [1.165, 1.54) is 5.56 Å². The number of benzene rings is 2. The zero-order valence-corrected chi connectivity index (χ0v) is 20.6. The van der Waals surface area contributed by atoms with Crippen LogP contribution >= 0.6 is 0 Å². The minimum Gasteiger partial charge on any atom is -0.341 e. The first kappa shape index (κ1) is 23.3. The molecular formula is C28H29N7O. The highest BCUT2D eigenvalue weighted by Gasteiger charge is 2.17. The Labute approximate surface area is 209 Å². The van der Waals surface area contributed by atoms with Crippen molar-refractivity contribution in [2.75, 3.05) is 19.4 Å². The number of amides is 2. The van der Waals surface area contributed by atoms with E-state index >= 15 is 0 Å². The van der Waals surface area contributed by atoms with Crippen LogP contribution in [0.4, 0.5) is 10.5 Å². The molecule has 2 aromatic carbocycles. The molecule has 0 spiro atoms. The predicted octanol–water partition coefficient (Wildman–Crippen LogP) is 5.25. The van der Waals surface area contributed by atoms with E-state index in [4.69, 9.17) is 5.10 Å². The molecule has 0 fully saturated rings. The molecule has 0 aliphatic heterocycles. The third-order valence-corrected chi connectivity index (χ3v) is 6.17. The molecule has 3 heterocycles. The van der Waals surface area contributed by atoms with Crippen molar-refractivity contribution in [2.45, 2.75) is 20.0 Å². The van der Waals surface area contributed by atoms with Gasteiger partial charge in [-0.05, 0) is 61.0 Å². The van der Waals surface area contributed by atoms with Crippen molar-refractivity contribution in [1.29, 1.82) is 0 Å². The van der Waals surface area contributed by atoms with Gasteiger partial charge in [0.05, 0.1) is 0 Å². The van der Waals surface area contributed by atoms with Crippen LogP contribution in [0.25, 0.3) is 44.7 Å². The Balaban J connectivity index is 1.57. The largest absolute Gasteiger partial charge is 0.341 e. The van der Waals surface area contributed by atoms with Crippen molar-refractivity contribution in [2.24, 2.45) is 0 Å². The van der Waals surface area contributed by atoms with Gasteiger partial charge >= 0.3 is 6.03 Å². The van der Waals surface area contributed by atoms with Crippen molar-refractivity contribution in [3.8, 4) is 33.6 Å². The molecule has 8 nitrogen and oxygen atoms in total. The Morgan fingerprint density at radius 2 is 1.83 bits per heavy atom. The molecular weight excluding hydrogens is 450 g/mol. The van der Waals surface area contributed by atoms with Crippen LogP contribution in [-0.4, -0.2) is 39.9 Å². The lowest BCUT2D eigenvalue weighted by molar-refractivity contribution is 0.254. The van der Waals surface area contributed by atoms with Crippen LogP contribution in [0, 0.1) is 0 Å². The second kappa shape index (κ2) is 10.1. The summed E-state index contributed by atoms with van der Waals surface area (Å²) in [7, 11) is 3.54. The minimum absolute atomic E-state index is 0.252. The Hall–Kier alpha value is -4.43. The molecule has 8 heteroatoms. The van der Waals surface area contributed by atoms with E-state index in [0.717, 1.165) is 63.5 Å². The SMILES string of the molecule is CCn1cc(-c2ccnc3[nH]c(-c4cccc(CNC)c4)cc23)c(-c2ccc(NC(=O)NC)cc2)n1. The fourth-order valence-corrected chi connectivity index (χ4v) is 4.37. The summed E-state index contributed by atoms with van der Waals surface area (Å²) in [6.07, 6.45) is 3.92. The van der Waals surface area contributed by atoms with Crippen molar-refractivity contribution >= 4 is 22.8 Å². The van der Waals surface area contributed by atoms with Gasteiger partial charge in [0.15, 0.2) is 0 Å². The number of carbonyl (C=O) groups excluding carboxylic acids is 1. The summed E-state index contributed by atoms with van der Waals surface area (Å²) in [5.74, 6) is 0. The van der Waals surface area contributed by atoms with Gasteiger partial charge in [-0.25, -0.2) is 9.78 Å². The number of hydrogen-bond donors (Lipinski definition) is 4. The Morgan fingerprint density at radius 1 is 1.00 bits per heavy atom. The number of fused-ring (bicyclic) bond motifs is 1. The zero-order valence-electron chi connectivity index (χ0n) is 20.6. The molecule has 36 heavy (non-hydrogen) atoms. The molecule has 0 saturated heterocycles. The number of aromatic amines is 1. The fourth-order valence-electron chi connectivity index (χ4n) is 4.37. The average molecular weight is 480 g/mol. The summed E-state index contributed by atoms with van der Waals surface area (Å²) in [4.78, 5) is 19.8. The van der Waals surface area contributed by atoms with Crippen LogP contribution in [0.1, 0.15) is 12.5 Å². The molecule has 2 amide bonds. The fraction of sp³-hybridized carbons (Fsp3) is 0.179. The maximum Gasteiger partial charge on any atom is 0.318 e. The number of anilines is 1. The lowest BCUT2D eigenvalue weighted by Crippen LogP contribution is -2.24. The molecule has 0 aliphatic rings. The quantitative estimate of drug-likeness (QED) is 0.256. The Bertz CT molecular complexity index is 1520. The molecule has 5 aromatic rings.